The van der Waals surface area contributed by atoms with E-state index in [1.165, 1.54) is 31.5 Å². The first-order valence-electron chi connectivity index (χ1n) is 5.41. The van der Waals surface area contributed by atoms with Crippen molar-refractivity contribution in [2.24, 2.45) is 0 Å². The molecule has 8 nitrogen and oxygen atoms in total. The van der Waals surface area contributed by atoms with Crippen LogP contribution in [0.1, 0.15) is 0 Å². The lowest BCUT2D eigenvalue weighted by atomic mass is 10.3. The minimum atomic E-state index is -4.30. The molecule has 0 saturated heterocycles. The predicted molar refractivity (Wildman–Crippen MR) is 72.5 cm³/mol. The molecule has 0 aliphatic carbocycles. The van der Waals surface area contributed by atoms with Crippen LogP contribution in [0, 0.1) is 0 Å². The zero-order valence-electron chi connectivity index (χ0n) is 10.4. The number of aromatic nitrogens is 2. The number of nitrogen functional groups attached to an aromatic ring is 1. The number of rotatable bonds is 4. The van der Waals surface area contributed by atoms with Gasteiger partial charge in [-0.05, 0) is 24.3 Å². The van der Waals surface area contributed by atoms with E-state index in [-0.39, 0.29) is 10.8 Å². The Labute approximate surface area is 115 Å². The average molecular weight is 296 g/mol. The Bertz CT molecular complexity index is 733. The van der Waals surface area contributed by atoms with Crippen LogP contribution >= 0.6 is 0 Å². The Morgan fingerprint density at radius 1 is 1.35 bits per heavy atom. The molecule has 4 N–H and O–H groups in total. The Morgan fingerprint density at radius 3 is 2.70 bits per heavy atom. The lowest BCUT2D eigenvalue weighted by molar-refractivity contribution is 0.416. The molecule has 20 heavy (non-hydrogen) atoms. The summed E-state index contributed by atoms with van der Waals surface area (Å²) in [4.78, 5) is 7.40. The monoisotopic (exact) mass is 296 g/mol. The van der Waals surface area contributed by atoms with E-state index in [0.717, 1.165) is 0 Å². The average Bonchev–Trinajstić information content (AvgIpc) is 2.37. The minimum Gasteiger partial charge on any atom is -0.495 e. The van der Waals surface area contributed by atoms with Crippen molar-refractivity contribution in [3.8, 4) is 5.75 Å². The molecule has 1 aromatic heterocycles. The fraction of sp³-hybridized carbons (Fsp3) is 0.0909. The summed E-state index contributed by atoms with van der Waals surface area (Å²) in [6.07, 6.45) is 1.45. The van der Waals surface area contributed by atoms with Gasteiger partial charge in [-0.3, -0.25) is 4.55 Å². The molecule has 0 unspecified atom stereocenters. The van der Waals surface area contributed by atoms with E-state index in [4.69, 9.17) is 15.0 Å². The van der Waals surface area contributed by atoms with Crippen molar-refractivity contribution in [3.63, 3.8) is 0 Å². The zero-order valence-corrected chi connectivity index (χ0v) is 11.3. The van der Waals surface area contributed by atoms with Gasteiger partial charge in [-0.15, -0.1) is 0 Å². The molecule has 2 rings (SSSR count). The number of methoxy groups -OCH3 is 1. The Kier molecular flexibility index (Phi) is 3.72. The maximum absolute atomic E-state index is 11.1. The van der Waals surface area contributed by atoms with Crippen molar-refractivity contribution in [1.82, 2.24) is 9.97 Å². The van der Waals surface area contributed by atoms with Crippen LogP contribution in [0.15, 0.2) is 35.4 Å². The number of nitrogens with zero attached hydrogens (tertiary/aromatic N) is 2. The summed E-state index contributed by atoms with van der Waals surface area (Å²) in [5, 5.41) is 2.85. The summed E-state index contributed by atoms with van der Waals surface area (Å²) in [6, 6.07) is 5.42. The summed E-state index contributed by atoms with van der Waals surface area (Å²) in [5.41, 5.74) is 5.77. The molecule has 106 valence electrons. The van der Waals surface area contributed by atoms with E-state index < -0.39 is 10.1 Å². The summed E-state index contributed by atoms with van der Waals surface area (Å²) in [5.74, 6) is 0.817. The number of benzene rings is 1. The van der Waals surface area contributed by atoms with E-state index in [2.05, 4.69) is 15.3 Å². The van der Waals surface area contributed by atoms with Crippen LogP contribution in [0.3, 0.4) is 0 Å². The second-order valence-electron chi connectivity index (χ2n) is 3.76. The molecule has 0 atom stereocenters. The zero-order chi connectivity index (χ0) is 14.8. The van der Waals surface area contributed by atoms with Crippen molar-refractivity contribution in [2.75, 3.05) is 18.2 Å². The highest BCUT2D eigenvalue weighted by Crippen LogP contribution is 2.29. The second-order valence-corrected chi connectivity index (χ2v) is 5.18. The lowest BCUT2D eigenvalue weighted by Gasteiger charge is -2.11. The summed E-state index contributed by atoms with van der Waals surface area (Å²) >= 11 is 0. The molecular formula is C11H12N4O4S. The molecule has 1 heterocycles. The van der Waals surface area contributed by atoms with Gasteiger partial charge in [0.05, 0.1) is 17.7 Å². The fourth-order valence-corrected chi connectivity index (χ4v) is 2.03. The molecule has 0 radical (unpaired) electrons. The van der Waals surface area contributed by atoms with Crippen LogP contribution in [0.2, 0.25) is 0 Å². The number of nitrogens with one attached hydrogen (secondary N) is 1. The molecule has 0 aliphatic rings. The van der Waals surface area contributed by atoms with E-state index in [1.807, 2.05) is 0 Å². The third kappa shape index (κ3) is 3.13. The molecule has 0 amide bonds. The van der Waals surface area contributed by atoms with Crippen molar-refractivity contribution < 1.29 is 17.7 Å². The minimum absolute atomic E-state index is 0.0694. The molecule has 0 bridgehead atoms. The van der Waals surface area contributed by atoms with Gasteiger partial charge in [0.25, 0.3) is 10.1 Å². The van der Waals surface area contributed by atoms with Gasteiger partial charge >= 0.3 is 0 Å². The topological polar surface area (TPSA) is 127 Å². The first kappa shape index (κ1) is 14.0. The first-order chi connectivity index (χ1) is 9.40. The molecule has 0 saturated carbocycles. The largest absolute Gasteiger partial charge is 0.495 e. The number of ether oxygens (including phenoxy) is 1. The van der Waals surface area contributed by atoms with Crippen LogP contribution in [-0.4, -0.2) is 30.0 Å². The fourth-order valence-electron chi connectivity index (χ4n) is 1.53. The standard InChI is InChI=1S/C11H12N4O4S/c1-19-9-3-2-7(20(16,17)18)6-8(9)14-10-4-5-13-11(12)15-10/h2-6H,1H3,(H,16,17,18)(H3,12,13,14,15). The van der Waals surface area contributed by atoms with Gasteiger partial charge < -0.3 is 15.8 Å². The smallest absolute Gasteiger partial charge is 0.294 e. The SMILES string of the molecule is COc1ccc(S(=O)(=O)O)cc1Nc1ccnc(N)n1. The Morgan fingerprint density at radius 2 is 2.10 bits per heavy atom. The van der Waals surface area contributed by atoms with Gasteiger partial charge in [0.2, 0.25) is 5.95 Å². The van der Waals surface area contributed by atoms with Crippen molar-refractivity contribution >= 4 is 27.6 Å². The summed E-state index contributed by atoms with van der Waals surface area (Å²) in [6.45, 7) is 0. The van der Waals surface area contributed by atoms with Crippen molar-refractivity contribution in [2.45, 2.75) is 4.90 Å². The first-order valence-corrected chi connectivity index (χ1v) is 6.85. The van der Waals surface area contributed by atoms with E-state index in [1.54, 1.807) is 6.07 Å². The van der Waals surface area contributed by atoms with E-state index in [9.17, 15) is 8.42 Å². The maximum atomic E-state index is 11.1. The van der Waals surface area contributed by atoms with Gasteiger partial charge in [-0.1, -0.05) is 0 Å². The molecular weight excluding hydrogens is 284 g/mol. The Hall–Kier alpha value is -2.39. The highest BCUT2D eigenvalue weighted by Gasteiger charge is 2.13. The highest BCUT2D eigenvalue weighted by molar-refractivity contribution is 7.85. The summed E-state index contributed by atoms with van der Waals surface area (Å²) < 4.78 is 36.4. The van der Waals surface area contributed by atoms with Gasteiger partial charge in [-0.25, -0.2) is 4.98 Å². The molecule has 1 aromatic carbocycles. The Balaban J connectivity index is 2.44. The van der Waals surface area contributed by atoms with Crippen LogP contribution < -0.4 is 15.8 Å². The van der Waals surface area contributed by atoms with Crippen LogP contribution in [0.25, 0.3) is 0 Å². The molecule has 0 spiro atoms. The molecule has 0 aliphatic heterocycles. The van der Waals surface area contributed by atoms with Gasteiger partial charge in [0.1, 0.15) is 11.6 Å². The van der Waals surface area contributed by atoms with Crippen LogP contribution in [-0.2, 0) is 10.1 Å². The van der Waals surface area contributed by atoms with Gasteiger partial charge in [0, 0.05) is 6.20 Å². The molecule has 2 aromatic rings. The third-order valence-electron chi connectivity index (χ3n) is 2.41. The number of anilines is 3. The number of hydrogen-bond donors (Lipinski definition) is 3. The van der Waals surface area contributed by atoms with Gasteiger partial charge in [-0.2, -0.15) is 13.4 Å². The van der Waals surface area contributed by atoms with E-state index >= 15 is 0 Å². The van der Waals surface area contributed by atoms with Crippen LogP contribution in [0.5, 0.6) is 5.75 Å². The van der Waals surface area contributed by atoms with Crippen LogP contribution in [0.4, 0.5) is 17.5 Å². The normalized spacial score (nSPS) is 11.1. The number of nitrogens with two attached hydrogens (primary N) is 1. The highest BCUT2D eigenvalue weighted by atomic mass is 32.2. The van der Waals surface area contributed by atoms with Crippen molar-refractivity contribution in [3.05, 3.63) is 30.5 Å². The number of hydrogen-bond acceptors (Lipinski definition) is 7. The quantitative estimate of drug-likeness (QED) is 0.714. The maximum Gasteiger partial charge on any atom is 0.294 e. The third-order valence-corrected chi connectivity index (χ3v) is 3.26. The lowest BCUT2D eigenvalue weighted by Crippen LogP contribution is -2.03. The van der Waals surface area contributed by atoms with Crippen molar-refractivity contribution in [1.29, 1.82) is 0 Å². The predicted octanol–water partition coefficient (Wildman–Crippen LogP) is 1.06. The van der Waals surface area contributed by atoms with E-state index in [0.29, 0.717) is 17.3 Å². The summed E-state index contributed by atoms with van der Waals surface area (Å²) in [7, 11) is -2.87. The molecule has 9 heteroatoms. The second kappa shape index (κ2) is 5.31. The molecule has 0 fully saturated rings. The van der Waals surface area contributed by atoms with Gasteiger partial charge in [0.15, 0.2) is 0 Å².